The Bertz CT molecular complexity index is 469. The van der Waals surface area contributed by atoms with Crippen LogP contribution >= 0.6 is 0 Å². The van der Waals surface area contributed by atoms with Crippen LogP contribution in [0.15, 0.2) is 24.3 Å². The molecule has 0 saturated carbocycles. The molecular formula is C16H23N3O. The molecule has 1 amide bonds. The molecule has 1 fully saturated rings. The standard InChI is InChI=1S/C16H23N3O/c20-16(15-12-13-4-1-2-5-14(13)15)18-6-3-9-19-10-7-17-8-11-19/h1-2,4-5,15,17H,3,6-12H2,(H,18,20). The van der Waals surface area contributed by atoms with E-state index in [0.29, 0.717) is 0 Å². The lowest BCUT2D eigenvalue weighted by Crippen LogP contribution is -2.44. The highest BCUT2D eigenvalue weighted by molar-refractivity contribution is 5.86. The largest absolute Gasteiger partial charge is 0.356 e. The molecule has 108 valence electrons. The zero-order valence-electron chi connectivity index (χ0n) is 11.9. The van der Waals surface area contributed by atoms with E-state index in [0.717, 1.165) is 52.1 Å². The van der Waals surface area contributed by atoms with Gasteiger partial charge in [0.25, 0.3) is 0 Å². The SMILES string of the molecule is O=C(NCCCN1CCNCC1)C1Cc2ccccc21. The Morgan fingerprint density at radius 3 is 2.90 bits per heavy atom. The van der Waals surface area contributed by atoms with E-state index in [1.807, 2.05) is 12.1 Å². The minimum absolute atomic E-state index is 0.0883. The van der Waals surface area contributed by atoms with Gasteiger partial charge in [0.1, 0.15) is 0 Å². The van der Waals surface area contributed by atoms with E-state index in [4.69, 9.17) is 0 Å². The minimum atomic E-state index is 0.0883. The van der Waals surface area contributed by atoms with Gasteiger partial charge in [0.05, 0.1) is 5.92 Å². The minimum Gasteiger partial charge on any atom is -0.356 e. The Morgan fingerprint density at radius 1 is 1.30 bits per heavy atom. The normalized spacial score (nSPS) is 21.9. The first-order valence-electron chi connectivity index (χ1n) is 7.63. The number of hydrogen-bond donors (Lipinski definition) is 2. The van der Waals surface area contributed by atoms with Crippen LogP contribution in [0.1, 0.15) is 23.5 Å². The molecule has 20 heavy (non-hydrogen) atoms. The molecule has 1 aliphatic heterocycles. The van der Waals surface area contributed by atoms with E-state index >= 15 is 0 Å². The summed E-state index contributed by atoms with van der Waals surface area (Å²) in [6.07, 6.45) is 1.94. The molecule has 1 atom stereocenters. The van der Waals surface area contributed by atoms with Crippen LogP contribution in [-0.4, -0.2) is 50.1 Å². The fourth-order valence-corrected chi connectivity index (χ4v) is 3.06. The lowest BCUT2D eigenvalue weighted by Gasteiger charge is -2.29. The first kappa shape index (κ1) is 13.6. The molecule has 1 heterocycles. The molecule has 0 aromatic heterocycles. The molecule has 1 unspecified atom stereocenters. The zero-order chi connectivity index (χ0) is 13.8. The smallest absolute Gasteiger partial charge is 0.227 e. The second kappa shape index (κ2) is 6.37. The van der Waals surface area contributed by atoms with Gasteiger partial charge in [0.2, 0.25) is 5.91 Å². The molecular weight excluding hydrogens is 250 g/mol. The van der Waals surface area contributed by atoms with Crippen molar-refractivity contribution >= 4 is 5.91 Å². The summed E-state index contributed by atoms with van der Waals surface area (Å²) >= 11 is 0. The van der Waals surface area contributed by atoms with Crippen LogP contribution in [0.4, 0.5) is 0 Å². The summed E-state index contributed by atoms with van der Waals surface area (Å²) in [5.74, 6) is 0.286. The fourth-order valence-electron chi connectivity index (χ4n) is 3.06. The quantitative estimate of drug-likeness (QED) is 0.778. The average molecular weight is 273 g/mol. The highest BCUT2D eigenvalue weighted by Crippen LogP contribution is 2.34. The van der Waals surface area contributed by atoms with Crippen LogP contribution in [0.25, 0.3) is 0 Å². The molecule has 4 nitrogen and oxygen atoms in total. The maximum atomic E-state index is 12.1. The van der Waals surface area contributed by atoms with Gasteiger partial charge >= 0.3 is 0 Å². The number of fused-ring (bicyclic) bond motifs is 1. The van der Waals surface area contributed by atoms with Crippen LogP contribution in [-0.2, 0) is 11.2 Å². The fraction of sp³-hybridized carbons (Fsp3) is 0.562. The lowest BCUT2D eigenvalue weighted by atomic mass is 9.77. The van der Waals surface area contributed by atoms with Crippen molar-refractivity contribution in [1.29, 1.82) is 0 Å². The Morgan fingerprint density at radius 2 is 2.10 bits per heavy atom. The van der Waals surface area contributed by atoms with E-state index in [1.165, 1.54) is 11.1 Å². The molecule has 2 N–H and O–H groups in total. The maximum absolute atomic E-state index is 12.1. The van der Waals surface area contributed by atoms with E-state index in [9.17, 15) is 4.79 Å². The highest BCUT2D eigenvalue weighted by Gasteiger charge is 2.31. The van der Waals surface area contributed by atoms with Gasteiger partial charge in [0.15, 0.2) is 0 Å². The van der Waals surface area contributed by atoms with Crippen LogP contribution < -0.4 is 10.6 Å². The summed E-state index contributed by atoms with van der Waals surface area (Å²) < 4.78 is 0. The van der Waals surface area contributed by atoms with Crippen molar-refractivity contribution in [2.75, 3.05) is 39.3 Å². The van der Waals surface area contributed by atoms with E-state index < -0.39 is 0 Å². The summed E-state index contributed by atoms with van der Waals surface area (Å²) in [6.45, 7) is 6.31. The third-order valence-electron chi connectivity index (χ3n) is 4.33. The number of benzene rings is 1. The van der Waals surface area contributed by atoms with Crippen molar-refractivity contribution in [3.8, 4) is 0 Å². The third-order valence-corrected chi connectivity index (χ3v) is 4.33. The molecule has 1 saturated heterocycles. The number of piperazine rings is 1. The van der Waals surface area contributed by atoms with Crippen molar-refractivity contribution < 1.29 is 4.79 Å². The highest BCUT2D eigenvalue weighted by atomic mass is 16.1. The summed E-state index contributed by atoms with van der Waals surface area (Å²) in [5, 5.41) is 6.44. The molecule has 1 aliphatic carbocycles. The third kappa shape index (κ3) is 3.02. The van der Waals surface area contributed by atoms with Crippen LogP contribution in [0, 0.1) is 0 Å². The summed E-state index contributed by atoms with van der Waals surface area (Å²) in [6, 6.07) is 8.25. The number of nitrogens with one attached hydrogen (secondary N) is 2. The summed E-state index contributed by atoms with van der Waals surface area (Å²) in [7, 11) is 0. The Labute approximate surface area is 120 Å². The second-order valence-electron chi connectivity index (χ2n) is 5.69. The van der Waals surface area contributed by atoms with Crippen molar-refractivity contribution in [2.45, 2.75) is 18.8 Å². The second-order valence-corrected chi connectivity index (χ2v) is 5.69. The zero-order valence-corrected chi connectivity index (χ0v) is 11.9. The molecule has 1 aromatic carbocycles. The van der Waals surface area contributed by atoms with Crippen LogP contribution in [0.3, 0.4) is 0 Å². The Hall–Kier alpha value is -1.39. The number of amides is 1. The van der Waals surface area contributed by atoms with Crippen molar-refractivity contribution in [3.63, 3.8) is 0 Å². The monoisotopic (exact) mass is 273 g/mol. The van der Waals surface area contributed by atoms with E-state index in [2.05, 4.69) is 27.7 Å². The Balaban J connectivity index is 1.36. The summed E-state index contributed by atoms with van der Waals surface area (Å²) in [5.41, 5.74) is 2.54. The van der Waals surface area contributed by atoms with Crippen molar-refractivity contribution in [3.05, 3.63) is 35.4 Å². The molecule has 3 rings (SSSR count). The van der Waals surface area contributed by atoms with Crippen LogP contribution in [0.2, 0.25) is 0 Å². The topological polar surface area (TPSA) is 44.4 Å². The van der Waals surface area contributed by atoms with Crippen molar-refractivity contribution in [2.24, 2.45) is 0 Å². The number of nitrogens with zero attached hydrogens (tertiary/aromatic N) is 1. The summed E-state index contributed by atoms with van der Waals surface area (Å²) in [4.78, 5) is 14.6. The number of hydrogen-bond acceptors (Lipinski definition) is 3. The molecule has 1 aromatic rings. The first-order chi connectivity index (χ1) is 9.84. The maximum Gasteiger partial charge on any atom is 0.227 e. The van der Waals surface area contributed by atoms with Gasteiger partial charge in [-0.3, -0.25) is 4.79 Å². The molecule has 4 heteroatoms. The number of carbonyl (C=O) groups excluding carboxylic acids is 1. The predicted octanol–water partition coefficient (Wildman–Crippen LogP) is 0.738. The predicted molar refractivity (Wildman–Crippen MR) is 79.8 cm³/mol. The van der Waals surface area contributed by atoms with Gasteiger partial charge < -0.3 is 15.5 Å². The Kier molecular flexibility index (Phi) is 4.33. The van der Waals surface area contributed by atoms with Gasteiger partial charge in [0, 0.05) is 32.7 Å². The van der Waals surface area contributed by atoms with Gasteiger partial charge in [-0.25, -0.2) is 0 Å². The number of rotatable bonds is 5. The van der Waals surface area contributed by atoms with E-state index in [-0.39, 0.29) is 11.8 Å². The average Bonchev–Trinajstić information content (AvgIpc) is 2.46. The number of carbonyl (C=O) groups is 1. The van der Waals surface area contributed by atoms with Gasteiger partial charge in [-0.2, -0.15) is 0 Å². The first-order valence-corrected chi connectivity index (χ1v) is 7.63. The molecule has 2 aliphatic rings. The molecule has 0 spiro atoms. The van der Waals surface area contributed by atoms with Crippen LogP contribution in [0.5, 0.6) is 0 Å². The van der Waals surface area contributed by atoms with Gasteiger partial charge in [-0.05, 0) is 30.5 Å². The molecule has 0 bridgehead atoms. The van der Waals surface area contributed by atoms with Crippen molar-refractivity contribution in [1.82, 2.24) is 15.5 Å². The van der Waals surface area contributed by atoms with Gasteiger partial charge in [-0.15, -0.1) is 0 Å². The van der Waals surface area contributed by atoms with E-state index in [1.54, 1.807) is 0 Å². The van der Waals surface area contributed by atoms with Gasteiger partial charge in [-0.1, -0.05) is 24.3 Å². The molecule has 0 radical (unpaired) electrons. The lowest BCUT2D eigenvalue weighted by molar-refractivity contribution is -0.123.